The van der Waals surface area contributed by atoms with Crippen LogP contribution in [0, 0.1) is 6.92 Å². The fraction of sp³-hybridized carbons (Fsp3) is 0.241. The SMILES string of the molecule is Cc1ccccc1COc1ccc2ccccc2c1CN[C@H](C)CCc1ccccc1. The molecule has 0 fully saturated rings. The van der Waals surface area contributed by atoms with Gasteiger partial charge in [-0.1, -0.05) is 84.9 Å². The molecule has 0 unspecified atom stereocenters. The highest BCUT2D eigenvalue weighted by molar-refractivity contribution is 5.87. The van der Waals surface area contributed by atoms with Crippen LogP contribution in [0.25, 0.3) is 10.8 Å². The molecule has 0 aliphatic carbocycles. The third-order valence-corrected chi connectivity index (χ3v) is 5.98. The van der Waals surface area contributed by atoms with Crippen molar-refractivity contribution in [2.24, 2.45) is 0 Å². The van der Waals surface area contributed by atoms with Crippen molar-refractivity contribution in [2.75, 3.05) is 0 Å². The molecular weight excluding hydrogens is 378 g/mol. The number of nitrogens with one attached hydrogen (secondary N) is 1. The molecule has 2 nitrogen and oxygen atoms in total. The molecule has 158 valence electrons. The van der Waals surface area contributed by atoms with Crippen molar-refractivity contribution in [2.45, 2.75) is 45.9 Å². The minimum Gasteiger partial charge on any atom is -0.489 e. The Morgan fingerprint density at radius 3 is 2.39 bits per heavy atom. The van der Waals surface area contributed by atoms with Gasteiger partial charge in [-0.15, -0.1) is 0 Å². The van der Waals surface area contributed by atoms with Crippen molar-refractivity contribution in [1.82, 2.24) is 5.32 Å². The van der Waals surface area contributed by atoms with Crippen LogP contribution in [0.5, 0.6) is 5.75 Å². The van der Waals surface area contributed by atoms with Crippen molar-refractivity contribution >= 4 is 10.8 Å². The number of ether oxygens (including phenoxy) is 1. The average Bonchev–Trinajstić information content (AvgIpc) is 2.81. The Balaban J connectivity index is 1.48. The molecule has 0 aromatic heterocycles. The lowest BCUT2D eigenvalue weighted by Crippen LogP contribution is -2.26. The van der Waals surface area contributed by atoms with E-state index >= 15 is 0 Å². The maximum Gasteiger partial charge on any atom is 0.124 e. The number of rotatable bonds is 9. The third-order valence-electron chi connectivity index (χ3n) is 5.98. The second kappa shape index (κ2) is 10.3. The predicted molar refractivity (Wildman–Crippen MR) is 131 cm³/mol. The zero-order valence-corrected chi connectivity index (χ0v) is 18.5. The maximum absolute atomic E-state index is 6.33. The van der Waals surface area contributed by atoms with E-state index in [1.165, 1.54) is 33.0 Å². The van der Waals surface area contributed by atoms with Crippen LogP contribution in [0.1, 0.15) is 35.6 Å². The molecule has 0 heterocycles. The topological polar surface area (TPSA) is 21.3 Å². The average molecular weight is 410 g/mol. The number of hydrogen-bond donors (Lipinski definition) is 1. The number of aryl methyl sites for hydroxylation is 2. The molecule has 2 heteroatoms. The van der Waals surface area contributed by atoms with E-state index in [2.05, 4.69) is 110 Å². The Morgan fingerprint density at radius 2 is 1.55 bits per heavy atom. The van der Waals surface area contributed by atoms with Gasteiger partial charge in [0.05, 0.1) is 0 Å². The summed E-state index contributed by atoms with van der Waals surface area (Å²) >= 11 is 0. The summed E-state index contributed by atoms with van der Waals surface area (Å²) in [5.41, 5.74) is 5.12. The van der Waals surface area contributed by atoms with Crippen LogP contribution in [0.15, 0.2) is 91.0 Å². The summed E-state index contributed by atoms with van der Waals surface area (Å²) in [4.78, 5) is 0. The van der Waals surface area contributed by atoms with Crippen LogP contribution in [0.4, 0.5) is 0 Å². The van der Waals surface area contributed by atoms with Crippen molar-refractivity contribution in [3.63, 3.8) is 0 Å². The highest BCUT2D eigenvalue weighted by Gasteiger charge is 2.11. The molecule has 0 aliphatic heterocycles. The third kappa shape index (κ3) is 5.53. The molecule has 0 radical (unpaired) electrons. The van der Waals surface area contributed by atoms with E-state index in [0.717, 1.165) is 25.1 Å². The van der Waals surface area contributed by atoms with E-state index in [4.69, 9.17) is 4.74 Å². The van der Waals surface area contributed by atoms with Crippen LogP contribution in [0.2, 0.25) is 0 Å². The summed E-state index contributed by atoms with van der Waals surface area (Å²) in [6.45, 7) is 5.78. The Bertz CT molecular complexity index is 1120. The van der Waals surface area contributed by atoms with E-state index in [1.54, 1.807) is 0 Å². The summed E-state index contributed by atoms with van der Waals surface area (Å²) < 4.78 is 6.33. The molecular formula is C29H31NO. The van der Waals surface area contributed by atoms with Gasteiger partial charge in [0.15, 0.2) is 0 Å². The van der Waals surface area contributed by atoms with E-state index in [0.29, 0.717) is 12.6 Å². The van der Waals surface area contributed by atoms with Gasteiger partial charge in [-0.2, -0.15) is 0 Å². The molecule has 1 N–H and O–H groups in total. The van der Waals surface area contributed by atoms with Crippen molar-refractivity contribution in [1.29, 1.82) is 0 Å². The summed E-state index contributed by atoms with van der Waals surface area (Å²) in [6, 6.07) is 32.4. The van der Waals surface area contributed by atoms with Gasteiger partial charge in [0, 0.05) is 18.2 Å². The molecule has 0 spiro atoms. The van der Waals surface area contributed by atoms with E-state index in [9.17, 15) is 0 Å². The minimum absolute atomic E-state index is 0.420. The van der Waals surface area contributed by atoms with Gasteiger partial charge in [0.2, 0.25) is 0 Å². The van der Waals surface area contributed by atoms with Crippen LogP contribution in [-0.2, 0) is 19.6 Å². The first-order valence-electron chi connectivity index (χ1n) is 11.2. The fourth-order valence-corrected chi connectivity index (χ4v) is 3.97. The first-order chi connectivity index (χ1) is 15.2. The van der Waals surface area contributed by atoms with Crippen LogP contribution in [0.3, 0.4) is 0 Å². The van der Waals surface area contributed by atoms with Gasteiger partial charge in [-0.25, -0.2) is 0 Å². The van der Waals surface area contributed by atoms with Gasteiger partial charge in [-0.05, 0) is 60.2 Å². The van der Waals surface area contributed by atoms with Gasteiger partial charge in [-0.3, -0.25) is 0 Å². The van der Waals surface area contributed by atoms with Crippen LogP contribution < -0.4 is 10.1 Å². The quantitative estimate of drug-likeness (QED) is 0.327. The zero-order chi connectivity index (χ0) is 21.5. The molecule has 0 aliphatic rings. The highest BCUT2D eigenvalue weighted by atomic mass is 16.5. The Kier molecular flexibility index (Phi) is 7.01. The lowest BCUT2D eigenvalue weighted by atomic mass is 10.0. The predicted octanol–water partition coefficient (Wildman–Crippen LogP) is 6.84. The fourth-order valence-electron chi connectivity index (χ4n) is 3.97. The van der Waals surface area contributed by atoms with Gasteiger partial charge < -0.3 is 10.1 Å². The lowest BCUT2D eigenvalue weighted by molar-refractivity contribution is 0.301. The summed E-state index contributed by atoms with van der Waals surface area (Å²) in [7, 11) is 0. The highest BCUT2D eigenvalue weighted by Crippen LogP contribution is 2.29. The Labute approximate surface area is 185 Å². The summed E-state index contributed by atoms with van der Waals surface area (Å²) in [5, 5.41) is 6.24. The molecule has 4 aromatic carbocycles. The first kappa shape index (κ1) is 21.1. The Hall–Kier alpha value is -3.10. The second-order valence-corrected chi connectivity index (χ2v) is 8.28. The van der Waals surface area contributed by atoms with Gasteiger partial charge in [0.25, 0.3) is 0 Å². The van der Waals surface area contributed by atoms with Crippen molar-refractivity contribution < 1.29 is 4.74 Å². The maximum atomic E-state index is 6.33. The molecule has 0 bridgehead atoms. The largest absolute Gasteiger partial charge is 0.489 e. The van der Waals surface area contributed by atoms with Crippen LogP contribution >= 0.6 is 0 Å². The van der Waals surface area contributed by atoms with E-state index in [-0.39, 0.29) is 0 Å². The van der Waals surface area contributed by atoms with Gasteiger partial charge >= 0.3 is 0 Å². The molecule has 4 aromatic rings. The standard InChI is InChI=1S/C29H31NO/c1-22-10-6-7-14-26(22)21-31-29-19-18-25-13-8-9-15-27(25)28(29)20-30-23(2)16-17-24-11-4-3-5-12-24/h3-15,18-19,23,30H,16-17,20-21H2,1-2H3/t23-/m1/s1. The normalized spacial score (nSPS) is 12.1. The zero-order valence-electron chi connectivity index (χ0n) is 18.5. The van der Waals surface area contributed by atoms with Crippen molar-refractivity contribution in [3.05, 3.63) is 113 Å². The number of benzene rings is 4. The van der Waals surface area contributed by atoms with E-state index in [1.807, 2.05) is 0 Å². The van der Waals surface area contributed by atoms with E-state index < -0.39 is 0 Å². The van der Waals surface area contributed by atoms with Crippen LogP contribution in [-0.4, -0.2) is 6.04 Å². The van der Waals surface area contributed by atoms with Crippen molar-refractivity contribution in [3.8, 4) is 5.75 Å². The molecule has 0 amide bonds. The second-order valence-electron chi connectivity index (χ2n) is 8.28. The lowest BCUT2D eigenvalue weighted by Gasteiger charge is -2.19. The monoisotopic (exact) mass is 409 g/mol. The summed E-state index contributed by atoms with van der Waals surface area (Å²) in [6.07, 6.45) is 2.19. The van der Waals surface area contributed by atoms with Gasteiger partial charge in [0.1, 0.15) is 12.4 Å². The molecule has 0 saturated carbocycles. The smallest absolute Gasteiger partial charge is 0.124 e. The number of fused-ring (bicyclic) bond motifs is 1. The minimum atomic E-state index is 0.420. The molecule has 31 heavy (non-hydrogen) atoms. The molecule has 4 rings (SSSR count). The first-order valence-corrected chi connectivity index (χ1v) is 11.2. The Morgan fingerprint density at radius 1 is 0.806 bits per heavy atom. The molecule has 0 saturated heterocycles. The molecule has 1 atom stereocenters. The number of hydrogen-bond acceptors (Lipinski definition) is 2. The summed E-state index contributed by atoms with van der Waals surface area (Å²) in [5.74, 6) is 0.963.